The van der Waals surface area contributed by atoms with Crippen LogP contribution in [0.15, 0.2) is 57.8 Å². The summed E-state index contributed by atoms with van der Waals surface area (Å²) in [7, 11) is 0. The van der Waals surface area contributed by atoms with Crippen molar-refractivity contribution in [2.45, 2.75) is 32.2 Å². The molecule has 8 nitrogen and oxygen atoms in total. The second kappa shape index (κ2) is 11.2. The number of nitrogens with one attached hydrogen (secondary N) is 1. The number of esters is 1. The van der Waals surface area contributed by atoms with Crippen molar-refractivity contribution in [3.63, 3.8) is 0 Å². The van der Waals surface area contributed by atoms with Gasteiger partial charge in [-0.05, 0) is 19.1 Å². The summed E-state index contributed by atoms with van der Waals surface area (Å²) in [6.45, 7) is 2.28. The van der Waals surface area contributed by atoms with Gasteiger partial charge < -0.3 is 20.1 Å². The normalized spacial score (nSPS) is 19.5. The third kappa shape index (κ3) is 6.02. The second-order valence-electron chi connectivity index (χ2n) is 8.81. The Hall–Kier alpha value is -3.38. The van der Waals surface area contributed by atoms with Gasteiger partial charge in [-0.3, -0.25) is 9.79 Å². The summed E-state index contributed by atoms with van der Waals surface area (Å²) < 4.78 is 48.2. The zero-order valence-electron chi connectivity index (χ0n) is 20.4. The van der Waals surface area contributed by atoms with E-state index in [0.717, 1.165) is 12.1 Å². The number of rotatable bonds is 9. The number of carboxylic acids is 1. The number of aliphatic carboxylic acids is 1. The van der Waals surface area contributed by atoms with Gasteiger partial charge in [-0.2, -0.15) is 8.78 Å². The van der Waals surface area contributed by atoms with Crippen LogP contribution in [0.1, 0.15) is 36.9 Å². The molecule has 2 N–H and O–H groups in total. The fourth-order valence-corrected chi connectivity index (χ4v) is 5.28. The lowest BCUT2D eigenvalue weighted by Gasteiger charge is -2.32. The van der Waals surface area contributed by atoms with E-state index in [-0.39, 0.29) is 47.4 Å². The molecule has 38 heavy (non-hydrogen) atoms. The van der Waals surface area contributed by atoms with E-state index in [1.54, 1.807) is 25.4 Å². The molecular weight excluding hydrogens is 545 g/mol. The number of benzene rings is 1. The molecule has 0 spiro atoms. The highest BCUT2D eigenvalue weighted by molar-refractivity contribution is 7.11. The van der Waals surface area contributed by atoms with Crippen molar-refractivity contribution in [1.82, 2.24) is 15.2 Å². The topological polar surface area (TPSA) is 104 Å². The molecule has 1 aromatic heterocycles. The summed E-state index contributed by atoms with van der Waals surface area (Å²) in [5.41, 5.74) is 0.678. The average molecular weight is 569 g/mol. The molecule has 2 atom stereocenters. The number of hydrogen-bond donors (Lipinski definition) is 2. The number of aromatic nitrogens is 1. The van der Waals surface area contributed by atoms with Gasteiger partial charge in [0.1, 0.15) is 11.9 Å². The molecule has 2 aliphatic rings. The summed E-state index contributed by atoms with van der Waals surface area (Å²) in [6, 6.07) is 2.62. The molecule has 4 rings (SSSR count). The van der Waals surface area contributed by atoms with E-state index in [9.17, 15) is 27.9 Å². The molecular formula is C25H24ClF3N4O4S. The van der Waals surface area contributed by atoms with Crippen molar-refractivity contribution in [2.24, 2.45) is 10.9 Å². The van der Waals surface area contributed by atoms with Gasteiger partial charge in [0.25, 0.3) is 5.92 Å². The Balaban J connectivity index is 1.83. The highest BCUT2D eigenvalue weighted by Gasteiger charge is 2.42. The van der Waals surface area contributed by atoms with Gasteiger partial charge >= 0.3 is 11.9 Å². The van der Waals surface area contributed by atoms with Gasteiger partial charge in [-0.1, -0.05) is 24.6 Å². The van der Waals surface area contributed by atoms with Crippen molar-refractivity contribution >= 4 is 40.7 Å². The molecule has 0 bridgehead atoms. The van der Waals surface area contributed by atoms with Crippen LogP contribution >= 0.6 is 22.9 Å². The number of nitrogens with zero attached hydrogens (tertiary/aromatic N) is 3. The molecule has 0 radical (unpaired) electrons. The first-order valence-corrected chi connectivity index (χ1v) is 12.9. The van der Waals surface area contributed by atoms with Crippen LogP contribution in [0, 0.1) is 11.7 Å². The predicted octanol–water partition coefficient (Wildman–Crippen LogP) is 4.79. The minimum absolute atomic E-state index is 0.0149. The molecule has 0 fully saturated rings. The minimum Gasteiger partial charge on any atom is -0.481 e. The smallest absolute Gasteiger partial charge is 0.338 e. The van der Waals surface area contributed by atoms with E-state index in [1.807, 2.05) is 0 Å². The number of thiazole rings is 1. The molecule has 3 heterocycles. The van der Waals surface area contributed by atoms with Gasteiger partial charge in [0.15, 0.2) is 10.8 Å². The van der Waals surface area contributed by atoms with E-state index < -0.39 is 42.2 Å². The molecule has 0 amide bonds. The lowest BCUT2D eigenvalue weighted by Crippen LogP contribution is -2.40. The standard InChI is InChI=1S/C25H24ClF3N4O4S/c1-3-37-24(36)20-17(11-33-12-25(28,29)10-18(33)13(2)8-19(34)35)31-22(23-30-6-7-38-23)32-21(20)15-5-4-14(27)9-16(15)26/h4-7,9-10,13,21H,3,8,11-12H2,1-2H3,(H,31,32)(H,34,35)/t13?,21-/m0/s1. The lowest BCUT2D eigenvalue weighted by molar-refractivity contribution is -0.139. The number of amidine groups is 1. The molecule has 2 aromatic rings. The van der Waals surface area contributed by atoms with Crippen molar-refractivity contribution in [1.29, 1.82) is 0 Å². The fraction of sp³-hybridized carbons (Fsp3) is 0.360. The Bertz CT molecular complexity index is 1330. The number of ether oxygens (including phenoxy) is 1. The van der Waals surface area contributed by atoms with Crippen LogP contribution in [-0.2, 0) is 14.3 Å². The van der Waals surface area contributed by atoms with Crippen molar-refractivity contribution in [2.75, 3.05) is 19.7 Å². The van der Waals surface area contributed by atoms with Crippen LogP contribution < -0.4 is 5.32 Å². The molecule has 1 aromatic carbocycles. The van der Waals surface area contributed by atoms with Crippen LogP contribution in [-0.4, -0.2) is 58.4 Å². The number of carbonyl (C=O) groups is 2. The Kier molecular flexibility index (Phi) is 8.12. The zero-order chi connectivity index (χ0) is 27.6. The first-order chi connectivity index (χ1) is 18.0. The van der Waals surface area contributed by atoms with E-state index >= 15 is 0 Å². The van der Waals surface area contributed by atoms with Crippen LogP contribution in [0.3, 0.4) is 0 Å². The number of carbonyl (C=O) groups excluding carboxylic acids is 1. The van der Waals surface area contributed by atoms with Gasteiger partial charge in [-0.25, -0.2) is 14.2 Å². The van der Waals surface area contributed by atoms with Gasteiger partial charge in [0.05, 0.1) is 31.7 Å². The maximum Gasteiger partial charge on any atom is 0.338 e. The van der Waals surface area contributed by atoms with Gasteiger partial charge in [-0.15, -0.1) is 11.3 Å². The third-order valence-electron chi connectivity index (χ3n) is 5.97. The summed E-state index contributed by atoms with van der Waals surface area (Å²) in [5, 5.41) is 14.5. The molecule has 13 heteroatoms. The number of hydrogen-bond acceptors (Lipinski definition) is 8. The Morgan fingerprint density at radius 2 is 2.16 bits per heavy atom. The van der Waals surface area contributed by atoms with Crippen molar-refractivity contribution in [3.05, 3.63) is 74.2 Å². The first-order valence-electron chi connectivity index (χ1n) is 11.7. The third-order valence-corrected chi connectivity index (χ3v) is 7.08. The van der Waals surface area contributed by atoms with Crippen LogP contribution in [0.4, 0.5) is 13.2 Å². The number of carboxylic acid groups (broad SMARTS) is 1. The summed E-state index contributed by atoms with van der Waals surface area (Å²) in [4.78, 5) is 34.8. The Labute approximate surface area is 225 Å². The number of aliphatic imine (C=N–C) groups is 1. The Morgan fingerprint density at radius 3 is 2.79 bits per heavy atom. The first kappa shape index (κ1) is 27.6. The second-order valence-corrected chi connectivity index (χ2v) is 10.1. The monoisotopic (exact) mass is 568 g/mol. The number of alkyl halides is 2. The fourth-order valence-electron chi connectivity index (χ4n) is 4.42. The summed E-state index contributed by atoms with van der Waals surface area (Å²) >= 11 is 7.62. The molecule has 2 aliphatic heterocycles. The zero-order valence-corrected chi connectivity index (χ0v) is 22.0. The summed E-state index contributed by atoms with van der Waals surface area (Å²) in [6.07, 6.45) is 1.97. The molecule has 0 saturated heterocycles. The molecule has 202 valence electrons. The van der Waals surface area contributed by atoms with E-state index in [0.29, 0.717) is 10.6 Å². The van der Waals surface area contributed by atoms with Crippen LogP contribution in [0.25, 0.3) is 0 Å². The van der Waals surface area contributed by atoms with E-state index in [2.05, 4.69) is 15.3 Å². The molecule has 1 unspecified atom stereocenters. The highest BCUT2D eigenvalue weighted by atomic mass is 35.5. The van der Waals surface area contributed by atoms with Crippen molar-refractivity contribution < 1.29 is 32.6 Å². The number of allylic oxidation sites excluding steroid dienone is 1. The highest BCUT2D eigenvalue weighted by Crippen LogP contribution is 2.39. The molecule has 0 aliphatic carbocycles. The van der Waals surface area contributed by atoms with Crippen LogP contribution in [0.5, 0.6) is 0 Å². The average Bonchev–Trinajstić information content (AvgIpc) is 3.46. The summed E-state index contributed by atoms with van der Waals surface area (Å²) in [5.74, 6) is -6.11. The number of halogens is 4. The van der Waals surface area contributed by atoms with Gasteiger partial charge in [0.2, 0.25) is 0 Å². The lowest BCUT2D eigenvalue weighted by atomic mass is 9.95. The maximum absolute atomic E-state index is 14.5. The maximum atomic E-state index is 14.5. The quantitative estimate of drug-likeness (QED) is 0.419. The van der Waals surface area contributed by atoms with Crippen LogP contribution in [0.2, 0.25) is 5.02 Å². The van der Waals surface area contributed by atoms with E-state index in [1.165, 1.54) is 28.4 Å². The van der Waals surface area contributed by atoms with Crippen molar-refractivity contribution in [3.8, 4) is 0 Å². The van der Waals surface area contributed by atoms with Gasteiger partial charge in [0, 0.05) is 45.6 Å². The SMILES string of the molecule is CCOC(=O)C1=C(CN2CC(F)(F)C=C2C(C)CC(=O)O)NC(c2nccs2)=N[C@H]1c1ccc(F)cc1Cl. The molecule has 0 saturated carbocycles. The predicted molar refractivity (Wildman–Crippen MR) is 136 cm³/mol. The Morgan fingerprint density at radius 1 is 1.39 bits per heavy atom. The largest absolute Gasteiger partial charge is 0.481 e. The minimum atomic E-state index is -3.20. The van der Waals surface area contributed by atoms with E-state index in [4.69, 9.17) is 16.3 Å².